The van der Waals surface area contributed by atoms with E-state index >= 15 is 0 Å². The molecule has 1 rings (SSSR count). The number of hydrogen-bond donors (Lipinski definition) is 1. The summed E-state index contributed by atoms with van der Waals surface area (Å²) in [4.78, 5) is 10.8. The Kier molecular flexibility index (Phi) is 1.04. The first-order chi connectivity index (χ1) is 3.98. The van der Waals surface area contributed by atoms with E-state index in [9.17, 15) is 9.90 Å². The van der Waals surface area contributed by atoms with Gasteiger partial charge in [0.05, 0.1) is 0 Å². The van der Waals surface area contributed by atoms with E-state index in [1.807, 2.05) is 0 Å². The zero-order valence-corrected chi connectivity index (χ0v) is 5.86. The normalized spacial score (nSPS) is 34.9. The molecule has 0 heterocycles. The van der Waals surface area contributed by atoms with Gasteiger partial charge in [0.2, 0.25) is 0 Å². The number of carbonyl (C=O) groups is 1. The fraction of sp³-hybridized carbons (Fsp3) is 0.571. The first-order valence-electron chi connectivity index (χ1n) is 2.93. The molecular formula is C7H10O2. The molecule has 50 valence electrons. The number of rotatable bonds is 0. The molecule has 0 radical (unpaired) electrons. The van der Waals surface area contributed by atoms with Crippen LogP contribution in [0.4, 0.5) is 0 Å². The summed E-state index contributed by atoms with van der Waals surface area (Å²) in [6, 6.07) is 0. The number of hydrogen-bond acceptors (Lipinski definition) is 2. The molecule has 1 unspecified atom stereocenters. The average Bonchev–Trinajstić information content (AvgIpc) is 1.84. The van der Waals surface area contributed by atoms with Crippen LogP contribution in [0.25, 0.3) is 0 Å². The van der Waals surface area contributed by atoms with Crippen LogP contribution in [0.15, 0.2) is 11.1 Å². The van der Waals surface area contributed by atoms with Crippen molar-refractivity contribution in [1.82, 2.24) is 0 Å². The van der Waals surface area contributed by atoms with Crippen molar-refractivity contribution < 1.29 is 9.90 Å². The Bertz CT molecular complexity index is 199. The number of Topliss-reactive ketones (excluding diaryl/α,β-unsaturated/α-hetero) is 1. The minimum atomic E-state index is -1.15. The maximum Gasteiger partial charge on any atom is 0.194 e. The van der Waals surface area contributed by atoms with Gasteiger partial charge in [-0.25, -0.2) is 0 Å². The third-order valence-corrected chi connectivity index (χ3v) is 2.08. The van der Waals surface area contributed by atoms with E-state index in [2.05, 4.69) is 0 Å². The molecule has 2 heteroatoms. The fourth-order valence-electron chi connectivity index (χ4n) is 1.01. The standard InChI is InChI=1S/C7H10O2/c1-4-5(2)7(3,9)6(4)8/h9H,1-3H3. The molecule has 0 saturated carbocycles. The monoisotopic (exact) mass is 126 g/mol. The lowest BCUT2D eigenvalue weighted by Gasteiger charge is -2.33. The molecule has 0 spiro atoms. The predicted octanol–water partition coefficient (Wildman–Crippen LogP) is 0.657. The van der Waals surface area contributed by atoms with Crippen molar-refractivity contribution in [2.24, 2.45) is 0 Å². The van der Waals surface area contributed by atoms with E-state index in [1.54, 1.807) is 13.8 Å². The summed E-state index contributed by atoms with van der Waals surface area (Å²) in [5.74, 6) is -0.139. The lowest BCUT2D eigenvalue weighted by Crippen LogP contribution is -2.46. The van der Waals surface area contributed by atoms with Gasteiger partial charge < -0.3 is 5.11 Å². The van der Waals surface area contributed by atoms with Crippen molar-refractivity contribution >= 4 is 5.78 Å². The molecule has 0 amide bonds. The Labute approximate surface area is 54.2 Å². The largest absolute Gasteiger partial charge is 0.378 e. The first kappa shape index (κ1) is 6.49. The Balaban J connectivity index is 3.06. The molecule has 0 bridgehead atoms. The summed E-state index contributed by atoms with van der Waals surface area (Å²) < 4.78 is 0. The third-order valence-electron chi connectivity index (χ3n) is 2.08. The van der Waals surface area contributed by atoms with Crippen molar-refractivity contribution in [2.75, 3.05) is 0 Å². The summed E-state index contributed by atoms with van der Waals surface area (Å²) in [6.07, 6.45) is 0. The summed E-state index contributed by atoms with van der Waals surface area (Å²) in [7, 11) is 0. The maximum absolute atomic E-state index is 10.8. The molecule has 0 aromatic heterocycles. The zero-order chi connectivity index (χ0) is 7.23. The van der Waals surface area contributed by atoms with E-state index in [0.29, 0.717) is 5.57 Å². The highest BCUT2D eigenvalue weighted by Crippen LogP contribution is 2.33. The van der Waals surface area contributed by atoms with Crippen LogP contribution >= 0.6 is 0 Å². The quantitative estimate of drug-likeness (QED) is 0.517. The van der Waals surface area contributed by atoms with Crippen molar-refractivity contribution in [2.45, 2.75) is 26.4 Å². The Morgan fingerprint density at radius 2 is 1.89 bits per heavy atom. The molecule has 9 heavy (non-hydrogen) atoms. The third kappa shape index (κ3) is 0.566. The molecule has 1 N–H and O–H groups in total. The van der Waals surface area contributed by atoms with Crippen molar-refractivity contribution in [3.63, 3.8) is 0 Å². The van der Waals surface area contributed by atoms with Gasteiger partial charge in [-0.05, 0) is 31.9 Å². The number of aliphatic hydroxyl groups is 1. The van der Waals surface area contributed by atoms with E-state index in [4.69, 9.17) is 0 Å². The van der Waals surface area contributed by atoms with Gasteiger partial charge in [-0.3, -0.25) is 4.79 Å². The fourth-order valence-corrected chi connectivity index (χ4v) is 1.01. The molecule has 0 saturated heterocycles. The second-order valence-electron chi connectivity index (χ2n) is 2.65. The molecular weight excluding hydrogens is 116 g/mol. The lowest BCUT2D eigenvalue weighted by atomic mass is 9.75. The molecule has 1 atom stereocenters. The Morgan fingerprint density at radius 3 is 2.00 bits per heavy atom. The Hall–Kier alpha value is -0.630. The van der Waals surface area contributed by atoms with Crippen LogP contribution in [0.3, 0.4) is 0 Å². The van der Waals surface area contributed by atoms with E-state index < -0.39 is 5.60 Å². The predicted molar refractivity (Wildman–Crippen MR) is 34.0 cm³/mol. The van der Waals surface area contributed by atoms with Crippen LogP contribution < -0.4 is 0 Å². The molecule has 0 aromatic carbocycles. The van der Waals surface area contributed by atoms with Crippen molar-refractivity contribution in [3.8, 4) is 0 Å². The van der Waals surface area contributed by atoms with Gasteiger partial charge in [-0.15, -0.1) is 0 Å². The van der Waals surface area contributed by atoms with E-state index in [0.717, 1.165) is 5.57 Å². The van der Waals surface area contributed by atoms with Crippen LogP contribution in [0, 0.1) is 0 Å². The van der Waals surface area contributed by atoms with Crippen LogP contribution in [0.2, 0.25) is 0 Å². The number of carbonyl (C=O) groups excluding carboxylic acids is 1. The van der Waals surface area contributed by atoms with Gasteiger partial charge in [-0.2, -0.15) is 0 Å². The average molecular weight is 126 g/mol. The molecule has 0 aliphatic heterocycles. The highest BCUT2D eigenvalue weighted by Gasteiger charge is 2.43. The van der Waals surface area contributed by atoms with E-state index in [-0.39, 0.29) is 5.78 Å². The second kappa shape index (κ2) is 1.45. The van der Waals surface area contributed by atoms with Crippen molar-refractivity contribution in [1.29, 1.82) is 0 Å². The minimum absolute atomic E-state index is 0.139. The minimum Gasteiger partial charge on any atom is -0.378 e. The van der Waals surface area contributed by atoms with E-state index in [1.165, 1.54) is 6.92 Å². The summed E-state index contributed by atoms with van der Waals surface area (Å²) >= 11 is 0. The molecule has 0 aromatic rings. The van der Waals surface area contributed by atoms with Crippen LogP contribution in [0.1, 0.15) is 20.8 Å². The first-order valence-corrected chi connectivity index (χ1v) is 2.93. The lowest BCUT2D eigenvalue weighted by molar-refractivity contribution is -0.132. The van der Waals surface area contributed by atoms with Crippen LogP contribution in [-0.2, 0) is 4.79 Å². The molecule has 1 aliphatic carbocycles. The highest BCUT2D eigenvalue weighted by molar-refractivity contribution is 6.11. The van der Waals surface area contributed by atoms with Crippen molar-refractivity contribution in [3.05, 3.63) is 11.1 Å². The van der Waals surface area contributed by atoms with Gasteiger partial charge in [0.1, 0.15) is 5.60 Å². The molecule has 1 aliphatic rings. The summed E-state index contributed by atoms with van der Waals surface area (Å²) in [5.41, 5.74) is 0.358. The van der Waals surface area contributed by atoms with Gasteiger partial charge in [0, 0.05) is 0 Å². The molecule has 0 fully saturated rings. The van der Waals surface area contributed by atoms with Crippen LogP contribution in [0.5, 0.6) is 0 Å². The maximum atomic E-state index is 10.8. The zero-order valence-electron chi connectivity index (χ0n) is 5.86. The Morgan fingerprint density at radius 1 is 1.44 bits per heavy atom. The summed E-state index contributed by atoms with van der Waals surface area (Å²) in [5, 5.41) is 9.21. The second-order valence-corrected chi connectivity index (χ2v) is 2.65. The van der Waals surface area contributed by atoms with Gasteiger partial charge in [0.25, 0.3) is 0 Å². The van der Waals surface area contributed by atoms with Gasteiger partial charge >= 0.3 is 0 Å². The van der Waals surface area contributed by atoms with Gasteiger partial charge in [0.15, 0.2) is 5.78 Å². The smallest absolute Gasteiger partial charge is 0.194 e. The highest BCUT2D eigenvalue weighted by atomic mass is 16.3. The van der Waals surface area contributed by atoms with Gasteiger partial charge in [-0.1, -0.05) is 0 Å². The number of ketones is 1. The van der Waals surface area contributed by atoms with Crippen LogP contribution in [-0.4, -0.2) is 16.5 Å². The topological polar surface area (TPSA) is 37.3 Å². The SMILES string of the molecule is CC1=C(C)C(C)(O)C1=O. The summed E-state index contributed by atoms with van der Waals surface area (Å²) in [6.45, 7) is 5.03. The molecule has 2 nitrogen and oxygen atoms in total.